The summed E-state index contributed by atoms with van der Waals surface area (Å²) in [5, 5.41) is 0. The topological polar surface area (TPSA) is 17.1 Å². The van der Waals surface area contributed by atoms with E-state index in [9.17, 15) is 4.79 Å². The van der Waals surface area contributed by atoms with Crippen molar-refractivity contribution in [2.45, 2.75) is 26.2 Å². The number of rotatable bonds is 3. The summed E-state index contributed by atoms with van der Waals surface area (Å²) in [6.45, 7) is 2.07. The van der Waals surface area contributed by atoms with Crippen molar-refractivity contribution in [2.24, 2.45) is 0 Å². The molecule has 0 unspecified atom stereocenters. The number of carbonyl (C=O) groups excluding carboxylic acids is 1. The average molecular weight is 126 g/mol. The maximum Gasteiger partial charge on any atom is 1.00 e. The summed E-state index contributed by atoms with van der Waals surface area (Å²) >= 11 is 0. The van der Waals surface area contributed by atoms with Gasteiger partial charge in [-0.25, -0.2) is 0 Å². The Kier molecular flexibility index (Phi) is 16.4. The molecule has 0 aromatic heterocycles. The second-order valence-electron chi connectivity index (χ2n) is 1.31. The van der Waals surface area contributed by atoms with E-state index in [4.69, 9.17) is 0 Å². The van der Waals surface area contributed by atoms with Gasteiger partial charge in [0, 0.05) is 6.42 Å². The Morgan fingerprint density at radius 3 is 2.43 bits per heavy atom. The Hall–Kier alpha value is 1.31. The van der Waals surface area contributed by atoms with E-state index in [1.54, 1.807) is 0 Å². The van der Waals surface area contributed by atoms with Crippen LogP contribution in [0, 0.1) is 0 Å². The summed E-state index contributed by atoms with van der Waals surface area (Å²) in [6, 6.07) is 0. The van der Waals surface area contributed by atoms with Crippen LogP contribution in [0.5, 0.6) is 0 Å². The Bertz CT molecular complexity index is 41.4. The minimum absolute atomic E-state index is 0. The number of aldehydes is 1. The molecule has 0 bridgehead atoms. The van der Waals surface area contributed by atoms with Crippen molar-refractivity contribution in [3.8, 4) is 0 Å². The summed E-state index contributed by atoms with van der Waals surface area (Å²) in [6.07, 6.45) is 3.86. The standard InChI is InChI=1S/C5H10O.K.H/c1-2-3-4-5-6;;/h5H,2-4H2,1H3;;/q;+1;-1. The van der Waals surface area contributed by atoms with Gasteiger partial charge < -0.3 is 6.22 Å². The molecule has 0 fully saturated rings. The Labute approximate surface area is 88.8 Å². The molecule has 0 aliphatic carbocycles. The van der Waals surface area contributed by atoms with Crippen molar-refractivity contribution >= 4 is 6.29 Å². The summed E-state index contributed by atoms with van der Waals surface area (Å²) in [7, 11) is 0. The van der Waals surface area contributed by atoms with Crippen molar-refractivity contribution in [1.29, 1.82) is 0 Å². The van der Waals surface area contributed by atoms with Crippen molar-refractivity contribution in [1.82, 2.24) is 0 Å². The first-order valence-corrected chi connectivity index (χ1v) is 2.35. The second kappa shape index (κ2) is 10.3. The predicted octanol–water partition coefficient (Wildman–Crippen LogP) is -1.51. The molecule has 0 radical (unpaired) electrons. The molecule has 7 heavy (non-hydrogen) atoms. The van der Waals surface area contributed by atoms with Crippen LogP contribution in [0.3, 0.4) is 0 Å². The molecule has 0 saturated heterocycles. The van der Waals surface area contributed by atoms with Crippen molar-refractivity contribution in [3.05, 3.63) is 0 Å². The second-order valence-corrected chi connectivity index (χ2v) is 1.31. The minimum Gasteiger partial charge on any atom is -1.00 e. The van der Waals surface area contributed by atoms with Gasteiger partial charge in [0.25, 0.3) is 0 Å². The van der Waals surface area contributed by atoms with Gasteiger partial charge in [0.1, 0.15) is 6.29 Å². The van der Waals surface area contributed by atoms with Crippen LogP contribution < -0.4 is 51.4 Å². The first-order valence-electron chi connectivity index (χ1n) is 2.35. The molecular weight excluding hydrogens is 115 g/mol. The summed E-state index contributed by atoms with van der Waals surface area (Å²) < 4.78 is 0. The van der Waals surface area contributed by atoms with E-state index in [0.29, 0.717) is 0 Å². The SMILES string of the molecule is CCCCC=O.[H-].[K+]. The first-order chi connectivity index (χ1) is 2.91. The molecule has 0 heterocycles. The predicted molar refractivity (Wildman–Crippen MR) is 26.7 cm³/mol. The van der Waals surface area contributed by atoms with Gasteiger partial charge in [-0.05, 0) is 6.42 Å². The summed E-state index contributed by atoms with van der Waals surface area (Å²) in [5.41, 5.74) is 0. The molecule has 1 nitrogen and oxygen atoms in total. The first kappa shape index (κ1) is 11.1. The number of carbonyl (C=O) groups is 1. The minimum atomic E-state index is 0. The smallest absolute Gasteiger partial charge is 1.00 e. The maximum atomic E-state index is 9.56. The third kappa shape index (κ3) is 11.1. The Balaban J connectivity index is -0.000000125. The van der Waals surface area contributed by atoms with Crippen LogP contribution in [0.2, 0.25) is 0 Å². The van der Waals surface area contributed by atoms with Crippen LogP contribution in [0.25, 0.3) is 0 Å². The van der Waals surface area contributed by atoms with Gasteiger partial charge in [0.15, 0.2) is 0 Å². The van der Waals surface area contributed by atoms with E-state index in [1.807, 2.05) is 0 Å². The van der Waals surface area contributed by atoms with Crippen LogP contribution in [0.1, 0.15) is 27.6 Å². The van der Waals surface area contributed by atoms with Gasteiger partial charge in [-0.2, -0.15) is 0 Å². The summed E-state index contributed by atoms with van der Waals surface area (Å²) in [5.74, 6) is 0. The largest absolute Gasteiger partial charge is 1.00 e. The molecule has 0 aliphatic heterocycles. The van der Waals surface area contributed by atoms with Gasteiger partial charge in [-0.3, -0.25) is 0 Å². The van der Waals surface area contributed by atoms with E-state index < -0.39 is 0 Å². The fraction of sp³-hybridized carbons (Fsp3) is 0.800. The molecule has 0 atom stereocenters. The molecule has 0 spiro atoms. The Morgan fingerprint density at radius 2 is 2.29 bits per heavy atom. The van der Waals surface area contributed by atoms with Crippen LogP contribution in [0.15, 0.2) is 0 Å². The van der Waals surface area contributed by atoms with Crippen molar-refractivity contribution < 1.29 is 57.6 Å². The van der Waals surface area contributed by atoms with Gasteiger partial charge in [0.2, 0.25) is 0 Å². The fourth-order valence-corrected chi connectivity index (χ4v) is 0.287. The monoisotopic (exact) mass is 126 g/mol. The maximum absolute atomic E-state index is 9.56. The van der Waals surface area contributed by atoms with Crippen LogP contribution in [0.4, 0.5) is 0 Å². The zero-order valence-corrected chi connectivity index (χ0v) is 8.23. The van der Waals surface area contributed by atoms with E-state index >= 15 is 0 Å². The Morgan fingerprint density at radius 1 is 1.71 bits per heavy atom. The molecule has 0 amide bonds. The van der Waals surface area contributed by atoms with Crippen LogP contribution >= 0.6 is 0 Å². The van der Waals surface area contributed by atoms with E-state index in [0.717, 1.165) is 25.5 Å². The molecule has 0 N–H and O–H groups in total. The molecule has 0 aromatic carbocycles. The van der Waals surface area contributed by atoms with Gasteiger partial charge in [-0.1, -0.05) is 13.3 Å². The van der Waals surface area contributed by atoms with E-state index in [1.165, 1.54) is 0 Å². The molecule has 0 rings (SSSR count). The molecule has 0 saturated carbocycles. The molecular formula is C5H11KO. The van der Waals surface area contributed by atoms with Crippen molar-refractivity contribution in [2.75, 3.05) is 0 Å². The summed E-state index contributed by atoms with van der Waals surface area (Å²) in [4.78, 5) is 9.56. The average Bonchev–Trinajstić information content (AvgIpc) is 1.61. The third-order valence-corrected chi connectivity index (χ3v) is 0.676. The zero-order valence-electron chi connectivity index (χ0n) is 6.11. The van der Waals surface area contributed by atoms with Crippen LogP contribution in [-0.2, 0) is 4.79 Å². The van der Waals surface area contributed by atoms with E-state index in [2.05, 4.69) is 6.92 Å². The van der Waals surface area contributed by atoms with Gasteiger partial charge in [0.05, 0.1) is 0 Å². The number of unbranched alkanes of at least 4 members (excludes halogenated alkanes) is 2. The molecule has 0 aromatic rings. The van der Waals surface area contributed by atoms with Gasteiger partial charge in [-0.15, -0.1) is 0 Å². The zero-order chi connectivity index (χ0) is 4.83. The normalized spacial score (nSPS) is 7.00. The number of hydrogen-bond acceptors (Lipinski definition) is 1. The van der Waals surface area contributed by atoms with Gasteiger partial charge >= 0.3 is 51.4 Å². The van der Waals surface area contributed by atoms with E-state index in [-0.39, 0.29) is 52.8 Å². The van der Waals surface area contributed by atoms with Crippen LogP contribution in [-0.4, -0.2) is 6.29 Å². The van der Waals surface area contributed by atoms with Crippen molar-refractivity contribution in [3.63, 3.8) is 0 Å². The molecule has 0 aliphatic rings. The quantitative estimate of drug-likeness (QED) is 0.255. The number of hydrogen-bond donors (Lipinski definition) is 0. The fourth-order valence-electron chi connectivity index (χ4n) is 0.287. The molecule has 38 valence electrons. The third-order valence-electron chi connectivity index (χ3n) is 0.676. The molecule has 2 heteroatoms.